The molecule has 11 heteroatoms. The van der Waals surface area contributed by atoms with E-state index in [-0.39, 0.29) is 23.4 Å². The van der Waals surface area contributed by atoms with E-state index >= 15 is 0 Å². The van der Waals surface area contributed by atoms with Crippen LogP contribution in [0.3, 0.4) is 0 Å². The van der Waals surface area contributed by atoms with Crippen LogP contribution in [0.25, 0.3) is 34.3 Å². The average Bonchev–Trinajstić information content (AvgIpc) is 3.65. The number of nitrogens with zero attached hydrogens (tertiary/aromatic N) is 4. The van der Waals surface area contributed by atoms with Crippen molar-refractivity contribution in [3.8, 4) is 28.2 Å². The molecule has 4 aromatic carbocycles. The van der Waals surface area contributed by atoms with Gasteiger partial charge in [-0.2, -0.15) is 0 Å². The Morgan fingerprint density at radius 2 is 1.60 bits per heavy atom. The summed E-state index contributed by atoms with van der Waals surface area (Å²) in [7, 11) is 0. The van der Waals surface area contributed by atoms with Crippen LogP contribution in [0.4, 0.5) is 10.1 Å². The Balaban J connectivity index is 1.50. The third kappa shape index (κ3) is 5.88. The minimum absolute atomic E-state index is 0.0297. The smallest absolute Gasteiger partial charge is 0.338 e. The number of ether oxygens (including phenoxy) is 1. The largest absolute Gasteiger partial charge is 0.463 e. The maximum absolute atomic E-state index is 14.4. The van der Waals surface area contributed by atoms with Gasteiger partial charge < -0.3 is 9.30 Å². The van der Waals surface area contributed by atoms with Crippen LogP contribution in [0.5, 0.6) is 0 Å². The van der Waals surface area contributed by atoms with E-state index in [2.05, 4.69) is 4.99 Å². The van der Waals surface area contributed by atoms with E-state index in [1.54, 1.807) is 38.1 Å². The van der Waals surface area contributed by atoms with E-state index in [1.807, 2.05) is 77.4 Å². The topological polar surface area (TPSA) is 109 Å². The molecule has 0 aliphatic carbocycles. The number of carbonyl (C=O) groups is 1. The second kappa shape index (κ2) is 13.4. The van der Waals surface area contributed by atoms with Crippen molar-refractivity contribution >= 4 is 29.1 Å². The number of carbonyl (C=O) groups excluding carboxylic acids is 1. The van der Waals surface area contributed by atoms with Gasteiger partial charge in [0.15, 0.2) is 4.80 Å². The first-order chi connectivity index (χ1) is 24.2. The number of nitro benzene ring substituents is 1. The molecule has 0 bridgehead atoms. The maximum atomic E-state index is 14.4. The van der Waals surface area contributed by atoms with E-state index in [1.165, 1.54) is 40.2 Å². The molecular weight excluding hydrogens is 656 g/mol. The van der Waals surface area contributed by atoms with Crippen molar-refractivity contribution in [2.75, 3.05) is 6.61 Å². The Morgan fingerprint density at radius 1 is 0.960 bits per heavy atom. The molecule has 3 heterocycles. The number of nitro groups is 1. The molecule has 1 aliphatic heterocycles. The van der Waals surface area contributed by atoms with Crippen LogP contribution >= 0.6 is 11.3 Å². The van der Waals surface area contributed by atoms with Gasteiger partial charge in [-0.05, 0) is 66.9 Å². The van der Waals surface area contributed by atoms with Crippen molar-refractivity contribution in [1.82, 2.24) is 9.13 Å². The van der Waals surface area contributed by atoms with Gasteiger partial charge in [0.2, 0.25) is 0 Å². The fourth-order valence-electron chi connectivity index (χ4n) is 6.24. The van der Waals surface area contributed by atoms with Crippen molar-refractivity contribution in [2.24, 2.45) is 4.99 Å². The van der Waals surface area contributed by atoms with Crippen molar-refractivity contribution in [3.05, 3.63) is 173 Å². The van der Waals surface area contributed by atoms with Gasteiger partial charge in [-0.1, -0.05) is 84.1 Å². The zero-order chi connectivity index (χ0) is 34.9. The summed E-state index contributed by atoms with van der Waals surface area (Å²) in [6, 6.07) is 32.6. The van der Waals surface area contributed by atoms with Crippen LogP contribution in [0.15, 0.2) is 136 Å². The molecular formula is C39H29FN4O5S. The molecule has 0 N–H and O–H groups in total. The highest BCUT2D eigenvalue weighted by Gasteiger charge is 2.33. The van der Waals surface area contributed by atoms with Crippen molar-refractivity contribution in [1.29, 1.82) is 0 Å². The standard InChI is InChI=1S/C39H29FN4O5S/c1-3-49-38(46)34-24(2)41-39-43(36(34)27-14-16-29(40)17-15-27)37(45)33(50-39)23-28-22-32(25-10-6-4-7-11-25)42(35(28)26-12-8-5-9-13-26)30-18-20-31(21-19-30)44(47)48/h4-23,36H,3H2,1-2H3/b33-23-/t36-/m0/s1. The average molecular weight is 685 g/mol. The first-order valence-corrected chi connectivity index (χ1v) is 16.6. The highest BCUT2D eigenvalue weighted by molar-refractivity contribution is 7.07. The molecule has 0 spiro atoms. The number of non-ortho nitro benzene ring substituents is 1. The number of fused-ring (bicyclic) bond motifs is 1. The van der Waals surface area contributed by atoms with E-state index in [0.717, 1.165) is 28.1 Å². The molecule has 248 valence electrons. The number of halogens is 1. The lowest BCUT2D eigenvalue weighted by Crippen LogP contribution is -2.39. The van der Waals surface area contributed by atoms with Gasteiger partial charge in [0.1, 0.15) is 5.82 Å². The van der Waals surface area contributed by atoms with Gasteiger partial charge in [0.25, 0.3) is 11.2 Å². The van der Waals surface area contributed by atoms with Crippen LogP contribution in [0.2, 0.25) is 0 Å². The first-order valence-electron chi connectivity index (χ1n) is 15.8. The molecule has 0 saturated heterocycles. The quantitative estimate of drug-likeness (QED) is 0.0978. The molecule has 0 fully saturated rings. The summed E-state index contributed by atoms with van der Waals surface area (Å²) < 4.78 is 23.3. The Kier molecular flexibility index (Phi) is 8.65. The second-order valence-electron chi connectivity index (χ2n) is 11.5. The maximum Gasteiger partial charge on any atom is 0.338 e. The van der Waals surface area contributed by atoms with Gasteiger partial charge in [0.05, 0.1) is 44.8 Å². The minimum Gasteiger partial charge on any atom is -0.463 e. The molecule has 0 saturated carbocycles. The van der Waals surface area contributed by atoms with Crippen molar-refractivity contribution < 1.29 is 18.8 Å². The fraction of sp³-hybridized carbons (Fsp3) is 0.103. The summed E-state index contributed by atoms with van der Waals surface area (Å²) in [4.78, 5) is 43.8. The molecule has 7 rings (SSSR count). The molecule has 0 unspecified atom stereocenters. The van der Waals surface area contributed by atoms with Gasteiger partial charge >= 0.3 is 5.97 Å². The van der Waals surface area contributed by atoms with Gasteiger partial charge in [-0.25, -0.2) is 14.2 Å². The predicted molar refractivity (Wildman–Crippen MR) is 190 cm³/mol. The normalized spacial score (nSPS) is 14.3. The Bertz CT molecular complexity index is 2470. The SMILES string of the molecule is CCOC(=O)C1=C(C)N=c2s/c(=C\c3cc(-c4ccccc4)n(-c4ccc([N+](=O)[O-])cc4)c3-c3ccccc3)c(=O)n2[C@H]1c1ccc(F)cc1. The lowest BCUT2D eigenvalue weighted by molar-refractivity contribution is -0.384. The molecule has 1 atom stereocenters. The number of hydrogen-bond acceptors (Lipinski definition) is 7. The van der Waals surface area contributed by atoms with Crippen LogP contribution in [0.1, 0.15) is 31.0 Å². The molecule has 6 aromatic rings. The van der Waals surface area contributed by atoms with Crippen LogP contribution in [-0.2, 0) is 9.53 Å². The zero-order valence-electron chi connectivity index (χ0n) is 26.9. The van der Waals surface area contributed by atoms with Crippen molar-refractivity contribution in [2.45, 2.75) is 19.9 Å². The first kappa shape index (κ1) is 32.4. The number of thiazole rings is 1. The molecule has 9 nitrogen and oxygen atoms in total. The van der Waals surface area contributed by atoms with E-state index in [9.17, 15) is 24.1 Å². The van der Waals surface area contributed by atoms with E-state index < -0.39 is 22.8 Å². The van der Waals surface area contributed by atoms with Gasteiger partial charge in [0, 0.05) is 23.4 Å². The molecule has 50 heavy (non-hydrogen) atoms. The van der Waals surface area contributed by atoms with Gasteiger partial charge in [-0.3, -0.25) is 19.5 Å². The second-order valence-corrected chi connectivity index (χ2v) is 12.5. The number of allylic oxidation sites excluding steroid dienone is 1. The minimum atomic E-state index is -0.883. The van der Waals surface area contributed by atoms with Crippen LogP contribution < -0.4 is 14.9 Å². The Hall–Kier alpha value is -6.20. The highest BCUT2D eigenvalue weighted by Crippen LogP contribution is 2.37. The van der Waals surface area contributed by atoms with E-state index in [4.69, 9.17) is 4.74 Å². The Labute approximate surface area is 289 Å². The third-order valence-electron chi connectivity index (χ3n) is 8.46. The number of benzene rings is 4. The lowest BCUT2D eigenvalue weighted by atomic mass is 9.96. The number of aromatic nitrogens is 2. The Morgan fingerprint density at radius 3 is 2.22 bits per heavy atom. The van der Waals surface area contributed by atoms with Crippen molar-refractivity contribution in [3.63, 3.8) is 0 Å². The number of rotatable bonds is 8. The molecule has 0 radical (unpaired) electrons. The molecule has 2 aromatic heterocycles. The highest BCUT2D eigenvalue weighted by atomic mass is 32.1. The van der Waals surface area contributed by atoms with E-state index in [0.29, 0.717) is 26.3 Å². The fourth-order valence-corrected chi connectivity index (χ4v) is 7.28. The van der Waals surface area contributed by atoms with Crippen LogP contribution in [0, 0.1) is 15.9 Å². The van der Waals surface area contributed by atoms with Gasteiger partial charge in [-0.15, -0.1) is 0 Å². The summed E-state index contributed by atoms with van der Waals surface area (Å²) in [6.45, 7) is 3.53. The molecule has 0 amide bonds. The monoisotopic (exact) mass is 684 g/mol. The number of esters is 1. The summed E-state index contributed by atoms with van der Waals surface area (Å²) in [5.74, 6) is -1.05. The summed E-state index contributed by atoms with van der Waals surface area (Å²) in [5, 5.41) is 11.5. The summed E-state index contributed by atoms with van der Waals surface area (Å²) in [5.41, 5.74) is 5.50. The predicted octanol–water partition coefficient (Wildman–Crippen LogP) is 6.97. The summed E-state index contributed by atoms with van der Waals surface area (Å²) >= 11 is 1.19. The summed E-state index contributed by atoms with van der Waals surface area (Å²) in [6.07, 6.45) is 1.81. The number of hydrogen-bond donors (Lipinski definition) is 0. The molecule has 1 aliphatic rings. The third-order valence-corrected chi connectivity index (χ3v) is 9.44. The lowest BCUT2D eigenvalue weighted by Gasteiger charge is -2.24. The zero-order valence-corrected chi connectivity index (χ0v) is 27.8. The van der Waals surface area contributed by atoms with Crippen LogP contribution in [-0.4, -0.2) is 26.6 Å².